The Labute approximate surface area is 74.5 Å². The van der Waals surface area contributed by atoms with Crippen LogP contribution in [0.15, 0.2) is 15.9 Å². The molecule has 0 aliphatic rings. The molecule has 1 rings (SSSR count). The minimum atomic E-state index is 0.255. The predicted molar refractivity (Wildman–Crippen MR) is 49.6 cm³/mol. The second-order valence-electron chi connectivity index (χ2n) is 2.14. The average molecular weight is 185 g/mol. The fourth-order valence-corrected chi connectivity index (χ4v) is 1.29. The number of aliphatic imine (C=N–C) groups is 1. The van der Waals surface area contributed by atoms with Crippen molar-refractivity contribution in [3.63, 3.8) is 0 Å². The van der Waals surface area contributed by atoms with Gasteiger partial charge in [0.2, 0.25) is 5.96 Å². The molecule has 1 aromatic rings. The molecular weight excluding hydrogens is 174 g/mol. The summed E-state index contributed by atoms with van der Waals surface area (Å²) in [6, 6.07) is 0. The van der Waals surface area contributed by atoms with Crippen LogP contribution in [0.2, 0.25) is 0 Å². The van der Waals surface area contributed by atoms with E-state index in [1.54, 1.807) is 16.8 Å². The lowest BCUT2D eigenvalue weighted by Gasteiger charge is -1.96. The molecular formula is C6H11N5S. The molecule has 6 heteroatoms. The third-order valence-corrected chi connectivity index (χ3v) is 1.92. The molecule has 0 aromatic carbocycles. The van der Waals surface area contributed by atoms with Gasteiger partial charge in [-0.1, -0.05) is 0 Å². The van der Waals surface area contributed by atoms with Gasteiger partial charge in [-0.2, -0.15) is 0 Å². The van der Waals surface area contributed by atoms with Crippen molar-refractivity contribution in [1.29, 1.82) is 0 Å². The number of hydrogen-bond acceptors (Lipinski definition) is 4. The number of nitrogens with two attached hydrogens (primary N) is 2. The van der Waals surface area contributed by atoms with Crippen LogP contribution in [0.1, 0.15) is 5.69 Å². The first-order valence-corrected chi connectivity index (χ1v) is 4.41. The van der Waals surface area contributed by atoms with Gasteiger partial charge in [0, 0.05) is 18.3 Å². The first-order chi connectivity index (χ1) is 5.83. The van der Waals surface area contributed by atoms with Gasteiger partial charge in [0.1, 0.15) is 0 Å². The fourth-order valence-electron chi connectivity index (χ4n) is 0.698. The van der Waals surface area contributed by atoms with E-state index in [2.05, 4.69) is 15.4 Å². The highest BCUT2D eigenvalue weighted by Crippen LogP contribution is 2.01. The van der Waals surface area contributed by atoms with Crippen molar-refractivity contribution in [3.05, 3.63) is 16.6 Å². The normalized spacial score (nSPS) is 11.6. The summed E-state index contributed by atoms with van der Waals surface area (Å²) in [7, 11) is 0. The monoisotopic (exact) mass is 185 g/mol. The topological polar surface area (TPSA) is 89.3 Å². The Bertz CT molecular complexity index is 242. The summed E-state index contributed by atoms with van der Waals surface area (Å²) in [5, 5.41) is 1.99. The van der Waals surface area contributed by atoms with Crippen molar-refractivity contribution in [1.82, 2.24) is 10.4 Å². The quantitative estimate of drug-likeness (QED) is 0.255. The highest BCUT2D eigenvalue weighted by Gasteiger charge is 1.93. The molecule has 66 valence electrons. The lowest BCUT2D eigenvalue weighted by atomic mass is 10.3. The Morgan fingerprint density at radius 1 is 1.75 bits per heavy atom. The molecule has 0 radical (unpaired) electrons. The van der Waals surface area contributed by atoms with Crippen LogP contribution in [0.4, 0.5) is 0 Å². The maximum Gasteiger partial charge on any atom is 0.203 e. The van der Waals surface area contributed by atoms with Gasteiger partial charge >= 0.3 is 0 Å². The maximum absolute atomic E-state index is 5.31. The zero-order chi connectivity index (χ0) is 8.81. The average Bonchev–Trinajstić information content (AvgIpc) is 2.57. The minimum Gasteiger partial charge on any atom is -0.369 e. The number of hydrogen-bond donors (Lipinski definition) is 3. The molecule has 0 aliphatic heterocycles. The van der Waals surface area contributed by atoms with Crippen LogP contribution < -0.4 is 17.0 Å². The smallest absolute Gasteiger partial charge is 0.203 e. The van der Waals surface area contributed by atoms with Crippen molar-refractivity contribution in [3.8, 4) is 0 Å². The van der Waals surface area contributed by atoms with Crippen molar-refractivity contribution in [2.45, 2.75) is 6.42 Å². The molecule has 0 bridgehead atoms. The third-order valence-electron chi connectivity index (χ3n) is 1.28. The Hall–Kier alpha value is -1.14. The van der Waals surface area contributed by atoms with Crippen LogP contribution in [-0.4, -0.2) is 17.5 Å². The molecule has 5 N–H and O–H groups in total. The molecule has 0 saturated heterocycles. The second kappa shape index (κ2) is 4.68. The van der Waals surface area contributed by atoms with E-state index < -0.39 is 0 Å². The number of hydrazine groups is 1. The number of guanidine groups is 1. The van der Waals surface area contributed by atoms with Gasteiger partial charge < -0.3 is 5.73 Å². The molecule has 12 heavy (non-hydrogen) atoms. The van der Waals surface area contributed by atoms with E-state index in [1.807, 2.05) is 5.38 Å². The summed E-state index contributed by atoms with van der Waals surface area (Å²) in [5.74, 6) is 5.27. The zero-order valence-electron chi connectivity index (χ0n) is 6.53. The zero-order valence-corrected chi connectivity index (χ0v) is 7.34. The van der Waals surface area contributed by atoms with Crippen molar-refractivity contribution >= 4 is 17.3 Å². The number of rotatable bonds is 3. The fraction of sp³-hybridized carbons (Fsp3) is 0.333. The number of thiazole rings is 1. The first kappa shape index (κ1) is 8.95. The number of aromatic nitrogens is 1. The number of nitrogens with zero attached hydrogens (tertiary/aromatic N) is 2. The van der Waals surface area contributed by atoms with E-state index in [4.69, 9.17) is 11.6 Å². The highest BCUT2D eigenvalue weighted by molar-refractivity contribution is 7.07. The molecule has 0 fully saturated rings. The summed E-state index contributed by atoms with van der Waals surface area (Å²) < 4.78 is 0. The van der Waals surface area contributed by atoms with Crippen LogP contribution in [0.3, 0.4) is 0 Å². The van der Waals surface area contributed by atoms with Gasteiger partial charge in [0.25, 0.3) is 0 Å². The molecule has 0 aliphatic carbocycles. The van der Waals surface area contributed by atoms with Gasteiger partial charge in [-0.05, 0) is 0 Å². The first-order valence-electron chi connectivity index (χ1n) is 3.46. The van der Waals surface area contributed by atoms with Gasteiger partial charge in [0.15, 0.2) is 0 Å². The van der Waals surface area contributed by atoms with E-state index in [-0.39, 0.29) is 5.96 Å². The van der Waals surface area contributed by atoms with Gasteiger partial charge in [-0.15, -0.1) is 11.3 Å². The van der Waals surface area contributed by atoms with Crippen molar-refractivity contribution in [2.24, 2.45) is 16.6 Å². The molecule has 0 unspecified atom stereocenters. The largest absolute Gasteiger partial charge is 0.369 e. The molecule has 1 heterocycles. The van der Waals surface area contributed by atoms with E-state index in [1.165, 1.54) is 0 Å². The summed E-state index contributed by atoms with van der Waals surface area (Å²) in [4.78, 5) is 8.04. The lowest BCUT2D eigenvalue weighted by Crippen LogP contribution is -2.37. The van der Waals surface area contributed by atoms with E-state index in [0.717, 1.165) is 12.1 Å². The van der Waals surface area contributed by atoms with Crippen LogP contribution in [-0.2, 0) is 6.42 Å². The van der Waals surface area contributed by atoms with E-state index >= 15 is 0 Å². The van der Waals surface area contributed by atoms with Crippen LogP contribution in [0.25, 0.3) is 0 Å². The molecule has 0 spiro atoms. The van der Waals surface area contributed by atoms with E-state index in [9.17, 15) is 0 Å². The van der Waals surface area contributed by atoms with Gasteiger partial charge in [-0.3, -0.25) is 10.4 Å². The SMILES string of the molecule is NNC(N)=NCCc1cscn1. The van der Waals surface area contributed by atoms with Gasteiger partial charge in [0.05, 0.1) is 11.2 Å². The third kappa shape index (κ3) is 2.85. The lowest BCUT2D eigenvalue weighted by molar-refractivity contribution is 0.904. The van der Waals surface area contributed by atoms with Crippen LogP contribution >= 0.6 is 11.3 Å². The Morgan fingerprint density at radius 2 is 2.58 bits per heavy atom. The molecule has 5 nitrogen and oxygen atoms in total. The van der Waals surface area contributed by atoms with Crippen LogP contribution in [0, 0.1) is 0 Å². The predicted octanol–water partition coefficient (Wildman–Crippen LogP) is -0.536. The Balaban J connectivity index is 2.28. The summed E-state index contributed by atoms with van der Waals surface area (Å²) >= 11 is 1.57. The molecule has 0 saturated carbocycles. The molecule has 1 aromatic heterocycles. The molecule has 0 atom stereocenters. The Morgan fingerprint density at radius 3 is 3.17 bits per heavy atom. The van der Waals surface area contributed by atoms with Crippen molar-refractivity contribution in [2.75, 3.05) is 6.54 Å². The maximum atomic E-state index is 5.31. The Kier molecular flexibility index (Phi) is 3.49. The minimum absolute atomic E-state index is 0.255. The standard InChI is InChI=1S/C6H11N5S/c7-6(11-8)9-2-1-5-3-12-4-10-5/h3-4H,1-2,8H2,(H3,7,9,11). The summed E-state index contributed by atoms with van der Waals surface area (Å²) in [6.07, 6.45) is 0.798. The summed E-state index contributed by atoms with van der Waals surface area (Å²) in [5.41, 5.74) is 10.4. The van der Waals surface area contributed by atoms with Crippen LogP contribution in [0.5, 0.6) is 0 Å². The summed E-state index contributed by atoms with van der Waals surface area (Å²) in [6.45, 7) is 0.611. The number of nitrogens with one attached hydrogen (secondary N) is 1. The van der Waals surface area contributed by atoms with Crippen molar-refractivity contribution < 1.29 is 0 Å². The van der Waals surface area contributed by atoms with E-state index in [0.29, 0.717) is 6.54 Å². The second-order valence-corrected chi connectivity index (χ2v) is 2.86. The highest BCUT2D eigenvalue weighted by atomic mass is 32.1. The molecule has 0 amide bonds. The van der Waals surface area contributed by atoms with Gasteiger partial charge in [-0.25, -0.2) is 10.8 Å².